The summed E-state index contributed by atoms with van der Waals surface area (Å²) in [7, 11) is 1.48. The Bertz CT molecular complexity index is 806. The zero-order valence-corrected chi connectivity index (χ0v) is 13.9. The molecule has 0 radical (unpaired) electrons. The van der Waals surface area contributed by atoms with E-state index < -0.39 is 17.4 Å². The summed E-state index contributed by atoms with van der Waals surface area (Å²) in [6, 6.07) is 14.4. The molecule has 3 rings (SSSR count). The van der Waals surface area contributed by atoms with Crippen LogP contribution >= 0.6 is 0 Å². The first-order valence-corrected chi connectivity index (χ1v) is 8.06. The van der Waals surface area contributed by atoms with Crippen LogP contribution in [0.2, 0.25) is 0 Å². The smallest absolute Gasteiger partial charge is 0.313 e. The number of amides is 2. The molecule has 6 heteroatoms. The van der Waals surface area contributed by atoms with Crippen LogP contribution in [0.3, 0.4) is 0 Å². The maximum absolute atomic E-state index is 12.1. The number of anilines is 1. The number of aliphatic hydroxyl groups is 1. The van der Waals surface area contributed by atoms with E-state index >= 15 is 0 Å². The molecule has 1 aliphatic rings. The minimum absolute atomic E-state index is 0.0117. The summed E-state index contributed by atoms with van der Waals surface area (Å²) in [6.07, 6.45) is 1.26. The second-order valence-corrected chi connectivity index (χ2v) is 6.03. The second kappa shape index (κ2) is 6.94. The Labute approximate surface area is 145 Å². The third kappa shape index (κ3) is 3.49. The van der Waals surface area contributed by atoms with Crippen LogP contribution in [0.5, 0.6) is 5.75 Å². The van der Waals surface area contributed by atoms with E-state index in [-0.39, 0.29) is 6.54 Å². The molecule has 0 saturated carbocycles. The average molecular weight is 340 g/mol. The van der Waals surface area contributed by atoms with E-state index in [0.29, 0.717) is 17.9 Å². The van der Waals surface area contributed by atoms with Gasteiger partial charge in [-0.1, -0.05) is 36.4 Å². The molecule has 0 aromatic heterocycles. The van der Waals surface area contributed by atoms with Crippen molar-refractivity contribution in [1.29, 1.82) is 0 Å². The zero-order valence-electron chi connectivity index (χ0n) is 13.9. The van der Waals surface area contributed by atoms with Gasteiger partial charge in [0.05, 0.1) is 19.3 Å². The maximum atomic E-state index is 12.1. The van der Waals surface area contributed by atoms with Crippen LogP contribution in [0.15, 0.2) is 48.5 Å². The van der Waals surface area contributed by atoms with Crippen molar-refractivity contribution in [2.24, 2.45) is 0 Å². The Balaban J connectivity index is 1.62. The third-order valence-electron chi connectivity index (χ3n) is 4.43. The van der Waals surface area contributed by atoms with Crippen molar-refractivity contribution in [1.82, 2.24) is 5.32 Å². The van der Waals surface area contributed by atoms with Crippen LogP contribution in [-0.2, 0) is 21.6 Å². The average Bonchev–Trinajstić information content (AvgIpc) is 2.98. The number of hydrogen-bond donors (Lipinski definition) is 3. The number of benzene rings is 2. The predicted octanol–water partition coefficient (Wildman–Crippen LogP) is 1.58. The van der Waals surface area contributed by atoms with Gasteiger partial charge in [-0.2, -0.15) is 0 Å². The Morgan fingerprint density at radius 3 is 2.64 bits per heavy atom. The van der Waals surface area contributed by atoms with Gasteiger partial charge in [-0.25, -0.2) is 0 Å². The third-order valence-corrected chi connectivity index (χ3v) is 4.43. The van der Waals surface area contributed by atoms with Crippen molar-refractivity contribution in [3.63, 3.8) is 0 Å². The van der Waals surface area contributed by atoms with Gasteiger partial charge in [0.2, 0.25) is 0 Å². The number of nitrogens with one attached hydrogen (secondary N) is 2. The van der Waals surface area contributed by atoms with Crippen LogP contribution in [0.25, 0.3) is 0 Å². The van der Waals surface area contributed by atoms with Crippen LogP contribution in [0.4, 0.5) is 5.69 Å². The highest BCUT2D eigenvalue weighted by Crippen LogP contribution is 2.36. The molecule has 0 saturated heterocycles. The Morgan fingerprint density at radius 2 is 1.84 bits per heavy atom. The summed E-state index contributed by atoms with van der Waals surface area (Å²) in [5.41, 5.74) is 1.14. The van der Waals surface area contributed by atoms with Gasteiger partial charge < -0.3 is 20.5 Å². The highest BCUT2D eigenvalue weighted by atomic mass is 16.5. The molecule has 0 heterocycles. The summed E-state index contributed by atoms with van der Waals surface area (Å²) < 4.78 is 5.14. The van der Waals surface area contributed by atoms with Gasteiger partial charge in [0, 0.05) is 0 Å². The van der Waals surface area contributed by atoms with E-state index in [4.69, 9.17) is 4.74 Å². The Hall–Kier alpha value is -2.86. The van der Waals surface area contributed by atoms with E-state index in [9.17, 15) is 14.7 Å². The Morgan fingerprint density at radius 1 is 1.12 bits per heavy atom. The lowest BCUT2D eigenvalue weighted by Crippen LogP contribution is -2.43. The highest BCUT2D eigenvalue weighted by molar-refractivity contribution is 6.39. The molecule has 25 heavy (non-hydrogen) atoms. The van der Waals surface area contributed by atoms with Gasteiger partial charge in [-0.3, -0.25) is 9.59 Å². The SMILES string of the molecule is COc1ccccc1NC(=O)C(=O)NCC1(O)CCc2ccccc21. The summed E-state index contributed by atoms with van der Waals surface area (Å²) in [5, 5.41) is 15.8. The van der Waals surface area contributed by atoms with Crippen LogP contribution in [0.1, 0.15) is 17.5 Å². The minimum atomic E-state index is -1.14. The molecule has 0 spiro atoms. The van der Waals surface area contributed by atoms with Crippen molar-refractivity contribution < 1.29 is 19.4 Å². The molecule has 2 aromatic rings. The number of methoxy groups -OCH3 is 1. The molecular weight excluding hydrogens is 320 g/mol. The number of carbonyl (C=O) groups is 2. The van der Waals surface area contributed by atoms with Crippen LogP contribution in [-0.4, -0.2) is 30.6 Å². The second-order valence-electron chi connectivity index (χ2n) is 6.03. The standard InChI is InChI=1S/C19H20N2O4/c1-25-16-9-5-4-8-15(16)21-18(23)17(22)20-12-19(24)11-10-13-6-2-3-7-14(13)19/h2-9,24H,10-12H2,1H3,(H,20,22)(H,21,23). The minimum Gasteiger partial charge on any atom is -0.495 e. The lowest BCUT2D eigenvalue weighted by Gasteiger charge is -2.24. The quantitative estimate of drug-likeness (QED) is 0.738. The molecule has 0 fully saturated rings. The van der Waals surface area contributed by atoms with Crippen molar-refractivity contribution in [2.75, 3.05) is 19.0 Å². The van der Waals surface area contributed by atoms with Gasteiger partial charge in [-0.15, -0.1) is 0 Å². The number of fused-ring (bicyclic) bond motifs is 1. The molecule has 3 N–H and O–H groups in total. The normalized spacial score (nSPS) is 18.3. The summed E-state index contributed by atoms with van der Waals surface area (Å²) in [4.78, 5) is 24.2. The molecule has 1 unspecified atom stereocenters. The maximum Gasteiger partial charge on any atom is 0.313 e. The van der Waals surface area contributed by atoms with Crippen molar-refractivity contribution in [3.8, 4) is 5.75 Å². The van der Waals surface area contributed by atoms with Gasteiger partial charge in [-0.05, 0) is 36.1 Å². The molecule has 2 aromatic carbocycles. The van der Waals surface area contributed by atoms with Crippen LogP contribution in [0, 0.1) is 0 Å². The molecule has 0 bridgehead atoms. The van der Waals surface area contributed by atoms with E-state index in [0.717, 1.165) is 17.5 Å². The number of ether oxygens (including phenoxy) is 1. The number of carbonyl (C=O) groups excluding carboxylic acids is 2. The highest BCUT2D eigenvalue weighted by Gasteiger charge is 2.37. The van der Waals surface area contributed by atoms with Crippen LogP contribution < -0.4 is 15.4 Å². The molecule has 0 aliphatic heterocycles. The van der Waals surface area contributed by atoms with E-state index in [1.54, 1.807) is 24.3 Å². The fraction of sp³-hybridized carbons (Fsp3) is 0.263. The summed E-state index contributed by atoms with van der Waals surface area (Å²) >= 11 is 0. The molecule has 2 amide bonds. The topological polar surface area (TPSA) is 87.7 Å². The molecular formula is C19H20N2O4. The van der Waals surface area contributed by atoms with E-state index in [2.05, 4.69) is 10.6 Å². The number of aryl methyl sites for hydroxylation is 1. The van der Waals surface area contributed by atoms with Gasteiger partial charge in [0.15, 0.2) is 0 Å². The number of hydrogen-bond acceptors (Lipinski definition) is 4. The van der Waals surface area contributed by atoms with E-state index in [1.165, 1.54) is 7.11 Å². The lowest BCUT2D eigenvalue weighted by atomic mass is 9.96. The van der Waals surface area contributed by atoms with E-state index in [1.807, 2.05) is 24.3 Å². The first-order chi connectivity index (χ1) is 12.0. The fourth-order valence-electron chi connectivity index (χ4n) is 3.09. The van der Waals surface area contributed by atoms with Gasteiger partial charge in [0.25, 0.3) is 0 Å². The van der Waals surface area contributed by atoms with Crippen molar-refractivity contribution >= 4 is 17.5 Å². The molecule has 1 aliphatic carbocycles. The first kappa shape index (κ1) is 17.0. The zero-order chi connectivity index (χ0) is 17.9. The largest absolute Gasteiger partial charge is 0.495 e. The fourth-order valence-corrected chi connectivity index (χ4v) is 3.09. The lowest BCUT2D eigenvalue weighted by molar-refractivity contribution is -0.136. The first-order valence-electron chi connectivity index (χ1n) is 8.06. The molecule has 130 valence electrons. The predicted molar refractivity (Wildman–Crippen MR) is 93.3 cm³/mol. The summed E-state index contributed by atoms with van der Waals surface area (Å²) in [6.45, 7) is -0.0117. The van der Waals surface area contributed by atoms with Gasteiger partial charge in [0.1, 0.15) is 11.4 Å². The molecule has 6 nitrogen and oxygen atoms in total. The van der Waals surface area contributed by atoms with Gasteiger partial charge >= 0.3 is 11.8 Å². The monoisotopic (exact) mass is 340 g/mol. The molecule has 1 atom stereocenters. The number of para-hydroxylation sites is 2. The Kier molecular flexibility index (Phi) is 4.72. The van der Waals surface area contributed by atoms with Crippen molar-refractivity contribution in [2.45, 2.75) is 18.4 Å². The van der Waals surface area contributed by atoms with Crippen molar-refractivity contribution in [3.05, 3.63) is 59.7 Å². The summed E-state index contributed by atoms with van der Waals surface area (Å²) in [5.74, 6) is -1.14. The number of rotatable bonds is 4.